The Bertz CT molecular complexity index is 376. The molecule has 0 saturated heterocycles. The smallest absolute Gasteiger partial charge is 0.226 e. The average Bonchev–Trinajstić information content (AvgIpc) is 2.26. The van der Waals surface area contributed by atoms with Crippen molar-refractivity contribution in [2.24, 2.45) is 5.84 Å². The van der Waals surface area contributed by atoms with E-state index in [-0.39, 0.29) is 5.91 Å². The number of aryl methyl sites for hydroxylation is 1. The molecular formula is C10H13N3O. The fourth-order valence-corrected chi connectivity index (χ4v) is 1.56. The molecule has 0 saturated carbocycles. The number of nitrogens with zero attached hydrogens (tertiary/aromatic N) is 1. The van der Waals surface area contributed by atoms with Gasteiger partial charge in [-0.05, 0) is 24.6 Å². The molecule has 1 heterocycles. The zero-order valence-corrected chi connectivity index (χ0v) is 8.08. The van der Waals surface area contributed by atoms with Gasteiger partial charge >= 0.3 is 0 Å². The molecule has 0 atom stereocenters. The highest BCUT2D eigenvalue weighted by Crippen LogP contribution is 2.27. The molecule has 3 N–H and O–H groups in total. The fourth-order valence-electron chi connectivity index (χ4n) is 1.56. The number of nitrogens with one attached hydrogen (secondary N) is 1. The molecule has 1 aliphatic heterocycles. The van der Waals surface area contributed by atoms with Crippen LogP contribution in [0, 0.1) is 6.92 Å². The molecule has 1 aliphatic rings. The van der Waals surface area contributed by atoms with Crippen molar-refractivity contribution in [3.05, 3.63) is 23.8 Å². The summed E-state index contributed by atoms with van der Waals surface area (Å²) in [6, 6.07) is 5.84. The Morgan fingerprint density at radius 3 is 3.07 bits per heavy atom. The van der Waals surface area contributed by atoms with Crippen LogP contribution in [0.5, 0.6) is 0 Å². The van der Waals surface area contributed by atoms with E-state index in [2.05, 4.69) is 5.32 Å². The highest BCUT2D eigenvalue weighted by atomic mass is 16.1. The summed E-state index contributed by atoms with van der Waals surface area (Å²) in [5.74, 6) is 5.82. The normalized spacial score (nSPS) is 15.9. The molecule has 0 bridgehead atoms. The van der Waals surface area contributed by atoms with E-state index in [0.29, 0.717) is 13.0 Å². The molecule has 4 nitrogen and oxygen atoms in total. The Morgan fingerprint density at radius 1 is 1.50 bits per heavy atom. The average molecular weight is 191 g/mol. The van der Waals surface area contributed by atoms with Crippen molar-refractivity contribution in [2.45, 2.75) is 13.3 Å². The molecule has 1 aromatic rings. The summed E-state index contributed by atoms with van der Waals surface area (Å²) >= 11 is 0. The minimum atomic E-state index is 0.0183. The molecule has 0 fully saturated rings. The number of benzene rings is 1. The number of carbonyl (C=O) groups is 1. The van der Waals surface area contributed by atoms with Gasteiger partial charge in [0.1, 0.15) is 0 Å². The van der Waals surface area contributed by atoms with Crippen molar-refractivity contribution in [3.8, 4) is 0 Å². The maximum Gasteiger partial charge on any atom is 0.226 e. The Morgan fingerprint density at radius 2 is 2.29 bits per heavy atom. The second-order valence-electron chi connectivity index (χ2n) is 3.51. The highest BCUT2D eigenvalue weighted by molar-refractivity contribution is 5.96. The fraction of sp³-hybridized carbons (Fsp3) is 0.300. The van der Waals surface area contributed by atoms with Crippen LogP contribution in [0.1, 0.15) is 12.0 Å². The van der Waals surface area contributed by atoms with Crippen LogP contribution in [-0.4, -0.2) is 12.5 Å². The second-order valence-corrected chi connectivity index (χ2v) is 3.51. The lowest BCUT2D eigenvalue weighted by atomic mass is 10.2. The predicted octanol–water partition coefficient (Wildman–Crippen LogP) is 1.02. The van der Waals surface area contributed by atoms with Crippen LogP contribution in [0.25, 0.3) is 0 Å². The minimum Gasteiger partial charge on any atom is -0.324 e. The number of hydrogen-bond donors (Lipinski definition) is 2. The third-order valence-electron chi connectivity index (χ3n) is 2.32. The van der Waals surface area contributed by atoms with Crippen LogP contribution in [0.4, 0.5) is 11.4 Å². The van der Waals surface area contributed by atoms with Crippen molar-refractivity contribution in [1.29, 1.82) is 0 Å². The largest absolute Gasteiger partial charge is 0.324 e. The van der Waals surface area contributed by atoms with Crippen LogP contribution >= 0.6 is 0 Å². The predicted molar refractivity (Wildman–Crippen MR) is 56.0 cm³/mol. The van der Waals surface area contributed by atoms with Gasteiger partial charge in [-0.1, -0.05) is 6.07 Å². The van der Waals surface area contributed by atoms with Gasteiger partial charge in [0.25, 0.3) is 0 Å². The van der Waals surface area contributed by atoms with Crippen LogP contribution < -0.4 is 16.2 Å². The maximum atomic E-state index is 11.3. The third-order valence-corrected chi connectivity index (χ3v) is 2.32. The van der Waals surface area contributed by atoms with Crippen molar-refractivity contribution in [2.75, 3.05) is 16.9 Å². The summed E-state index contributed by atoms with van der Waals surface area (Å²) in [5, 5.41) is 4.44. The van der Waals surface area contributed by atoms with E-state index in [0.717, 1.165) is 16.9 Å². The molecule has 2 rings (SSSR count). The number of rotatable bonds is 0. The molecule has 0 unspecified atom stereocenters. The molecule has 4 heteroatoms. The van der Waals surface area contributed by atoms with Crippen LogP contribution in [0.3, 0.4) is 0 Å². The first-order chi connectivity index (χ1) is 6.66. The van der Waals surface area contributed by atoms with Crippen LogP contribution in [-0.2, 0) is 4.79 Å². The lowest BCUT2D eigenvalue weighted by molar-refractivity contribution is -0.115. The van der Waals surface area contributed by atoms with E-state index in [9.17, 15) is 4.79 Å². The maximum absolute atomic E-state index is 11.3. The number of amides is 1. The van der Waals surface area contributed by atoms with Gasteiger partial charge in [0, 0.05) is 13.0 Å². The van der Waals surface area contributed by atoms with Crippen molar-refractivity contribution >= 4 is 17.3 Å². The quantitative estimate of drug-likeness (QED) is 0.602. The Balaban J connectivity index is 2.46. The first-order valence-electron chi connectivity index (χ1n) is 4.59. The zero-order chi connectivity index (χ0) is 10.1. The van der Waals surface area contributed by atoms with Crippen molar-refractivity contribution in [3.63, 3.8) is 0 Å². The van der Waals surface area contributed by atoms with Crippen molar-refractivity contribution in [1.82, 2.24) is 0 Å². The van der Waals surface area contributed by atoms with E-state index in [1.165, 1.54) is 0 Å². The van der Waals surface area contributed by atoms with E-state index in [1.54, 1.807) is 5.01 Å². The van der Waals surface area contributed by atoms with Crippen molar-refractivity contribution < 1.29 is 4.79 Å². The second kappa shape index (κ2) is 3.31. The Kier molecular flexibility index (Phi) is 2.13. The Labute approximate surface area is 82.7 Å². The number of anilines is 2. The molecule has 0 spiro atoms. The number of hydrogen-bond acceptors (Lipinski definition) is 3. The van der Waals surface area contributed by atoms with E-state index >= 15 is 0 Å². The van der Waals surface area contributed by atoms with Gasteiger partial charge < -0.3 is 10.3 Å². The van der Waals surface area contributed by atoms with Crippen LogP contribution in [0.2, 0.25) is 0 Å². The molecule has 74 valence electrons. The lowest BCUT2D eigenvalue weighted by Gasteiger charge is -2.17. The SMILES string of the molecule is Cc1ccc2c(c1)NC(=O)CCN2N. The minimum absolute atomic E-state index is 0.0183. The van der Waals surface area contributed by atoms with E-state index in [1.807, 2.05) is 25.1 Å². The number of nitrogens with two attached hydrogens (primary N) is 1. The van der Waals surface area contributed by atoms with Gasteiger partial charge in [-0.3, -0.25) is 4.79 Å². The molecule has 0 aliphatic carbocycles. The summed E-state index contributed by atoms with van der Waals surface area (Å²) in [4.78, 5) is 11.3. The van der Waals surface area contributed by atoms with E-state index in [4.69, 9.17) is 5.84 Å². The summed E-state index contributed by atoms with van der Waals surface area (Å²) < 4.78 is 0. The summed E-state index contributed by atoms with van der Waals surface area (Å²) in [6.07, 6.45) is 0.435. The number of hydrazine groups is 1. The van der Waals surface area contributed by atoms with Gasteiger partial charge in [-0.15, -0.1) is 0 Å². The lowest BCUT2D eigenvalue weighted by Crippen LogP contribution is -2.31. The molecular weight excluding hydrogens is 178 g/mol. The third kappa shape index (κ3) is 1.56. The standard InChI is InChI=1S/C10H13N3O/c1-7-2-3-9-8(6-7)12-10(14)4-5-13(9)11/h2-3,6H,4-5,11H2,1H3,(H,12,14). The van der Waals surface area contributed by atoms with Gasteiger partial charge in [0.15, 0.2) is 0 Å². The van der Waals surface area contributed by atoms with Gasteiger partial charge in [0.2, 0.25) is 5.91 Å². The zero-order valence-electron chi connectivity index (χ0n) is 8.08. The van der Waals surface area contributed by atoms with Gasteiger partial charge in [-0.25, -0.2) is 5.84 Å². The molecule has 14 heavy (non-hydrogen) atoms. The summed E-state index contributed by atoms with van der Waals surface area (Å²) in [5.41, 5.74) is 2.79. The summed E-state index contributed by atoms with van der Waals surface area (Å²) in [7, 11) is 0. The molecule has 1 aromatic carbocycles. The molecule has 0 aromatic heterocycles. The van der Waals surface area contributed by atoms with Gasteiger partial charge in [-0.2, -0.15) is 0 Å². The topological polar surface area (TPSA) is 58.4 Å². The number of fused-ring (bicyclic) bond motifs is 1. The first-order valence-corrected chi connectivity index (χ1v) is 4.59. The first kappa shape index (κ1) is 9.02. The van der Waals surface area contributed by atoms with Crippen LogP contribution in [0.15, 0.2) is 18.2 Å². The molecule has 1 amide bonds. The van der Waals surface area contributed by atoms with E-state index < -0.39 is 0 Å². The monoisotopic (exact) mass is 191 g/mol. The summed E-state index contributed by atoms with van der Waals surface area (Å²) in [6.45, 7) is 2.54. The van der Waals surface area contributed by atoms with Gasteiger partial charge in [0.05, 0.1) is 11.4 Å². The number of carbonyl (C=O) groups excluding carboxylic acids is 1. The Hall–Kier alpha value is -1.55. The molecule has 0 radical (unpaired) electrons. The highest BCUT2D eigenvalue weighted by Gasteiger charge is 2.16.